The molecule has 0 saturated carbocycles. The Balaban J connectivity index is 1.71. The summed E-state index contributed by atoms with van der Waals surface area (Å²) in [6.07, 6.45) is 3.31. The number of benzene rings is 1. The summed E-state index contributed by atoms with van der Waals surface area (Å²) in [6.45, 7) is 3.27. The summed E-state index contributed by atoms with van der Waals surface area (Å²) < 4.78 is 10.8. The third kappa shape index (κ3) is 4.86. The van der Waals surface area contributed by atoms with Crippen molar-refractivity contribution in [1.82, 2.24) is 9.88 Å². The van der Waals surface area contributed by atoms with Gasteiger partial charge in [0.25, 0.3) is 0 Å². The molecule has 3 rings (SSSR count). The SMILES string of the molecule is CCOc1ccc(NC(=O)N(Cc2ccccn2)Cc2ccco2)cc1. The van der Waals surface area contributed by atoms with Gasteiger partial charge in [0.1, 0.15) is 11.5 Å². The normalized spacial score (nSPS) is 10.3. The molecule has 0 aliphatic rings. The standard InChI is InChI=1S/C20H21N3O3/c1-2-25-18-10-8-16(9-11-18)22-20(24)23(15-19-7-5-13-26-19)14-17-6-3-4-12-21-17/h3-13H,2,14-15H2,1H3,(H,22,24). The van der Waals surface area contributed by atoms with Crippen LogP contribution in [0.5, 0.6) is 5.75 Å². The van der Waals surface area contributed by atoms with Gasteiger partial charge in [-0.05, 0) is 55.5 Å². The van der Waals surface area contributed by atoms with E-state index in [-0.39, 0.29) is 6.03 Å². The molecule has 2 amide bonds. The molecule has 0 bridgehead atoms. The zero-order chi connectivity index (χ0) is 18.2. The largest absolute Gasteiger partial charge is 0.494 e. The van der Waals surface area contributed by atoms with Crippen LogP contribution in [0.1, 0.15) is 18.4 Å². The number of aromatic nitrogens is 1. The molecule has 6 heteroatoms. The van der Waals surface area contributed by atoms with Gasteiger partial charge in [0.15, 0.2) is 0 Å². The minimum atomic E-state index is -0.226. The maximum Gasteiger partial charge on any atom is 0.322 e. The Morgan fingerprint density at radius 3 is 2.62 bits per heavy atom. The number of anilines is 1. The Labute approximate surface area is 152 Å². The highest BCUT2D eigenvalue weighted by Crippen LogP contribution is 2.17. The zero-order valence-corrected chi connectivity index (χ0v) is 14.6. The van der Waals surface area contributed by atoms with E-state index in [1.54, 1.807) is 23.4 Å². The van der Waals surface area contributed by atoms with Crippen molar-refractivity contribution in [2.75, 3.05) is 11.9 Å². The summed E-state index contributed by atoms with van der Waals surface area (Å²) in [5.41, 5.74) is 1.50. The van der Waals surface area contributed by atoms with Crippen LogP contribution < -0.4 is 10.1 Å². The van der Waals surface area contributed by atoms with Crippen LogP contribution in [0.2, 0.25) is 0 Å². The molecule has 0 aliphatic carbocycles. The molecule has 26 heavy (non-hydrogen) atoms. The Hall–Kier alpha value is -3.28. The van der Waals surface area contributed by atoms with Crippen molar-refractivity contribution >= 4 is 11.7 Å². The summed E-state index contributed by atoms with van der Waals surface area (Å²) in [5.74, 6) is 1.48. The fourth-order valence-electron chi connectivity index (χ4n) is 2.48. The molecule has 134 valence electrons. The van der Waals surface area contributed by atoms with E-state index in [4.69, 9.17) is 9.15 Å². The van der Waals surface area contributed by atoms with Crippen LogP contribution in [0, 0.1) is 0 Å². The third-order valence-corrected chi connectivity index (χ3v) is 3.71. The molecular weight excluding hydrogens is 330 g/mol. The minimum absolute atomic E-state index is 0.226. The van der Waals surface area contributed by atoms with Crippen molar-refractivity contribution in [3.05, 3.63) is 78.5 Å². The number of hydrogen-bond donors (Lipinski definition) is 1. The number of amides is 2. The number of pyridine rings is 1. The predicted molar refractivity (Wildman–Crippen MR) is 98.8 cm³/mol. The van der Waals surface area contributed by atoms with Crippen LogP contribution in [-0.2, 0) is 13.1 Å². The second-order valence-electron chi connectivity index (χ2n) is 5.64. The van der Waals surface area contributed by atoms with Gasteiger partial charge in [0.05, 0.1) is 31.7 Å². The van der Waals surface area contributed by atoms with Gasteiger partial charge in [-0.2, -0.15) is 0 Å². The Morgan fingerprint density at radius 1 is 1.12 bits per heavy atom. The van der Waals surface area contributed by atoms with Gasteiger partial charge in [-0.1, -0.05) is 6.07 Å². The van der Waals surface area contributed by atoms with Crippen LogP contribution >= 0.6 is 0 Å². The monoisotopic (exact) mass is 351 g/mol. The molecule has 0 spiro atoms. The summed E-state index contributed by atoms with van der Waals surface area (Å²) in [4.78, 5) is 18.7. The molecule has 2 aromatic heterocycles. The van der Waals surface area contributed by atoms with Gasteiger partial charge in [0, 0.05) is 11.9 Å². The van der Waals surface area contributed by atoms with Crippen molar-refractivity contribution < 1.29 is 13.9 Å². The molecule has 0 aliphatic heterocycles. The molecule has 2 heterocycles. The van der Waals surface area contributed by atoms with Crippen molar-refractivity contribution in [2.24, 2.45) is 0 Å². The average molecular weight is 351 g/mol. The third-order valence-electron chi connectivity index (χ3n) is 3.71. The Morgan fingerprint density at radius 2 is 1.96 bits per heavy atom. The molecule has 0 fully saturated rings. The number of hydrogen-bond acceptors (Lipinski definition) is 4. The Kier molecular flexibility index (Phi) is 5.88. The number of furan rings is 1. The van der Waals surface area contributed by atoms with Crippen LogP contribution in [0.3, 0.4) is 0 Å². The van der Waals surface area contributed by atoms with Crippen molar-refractivity contribution in [2.45, 2.75) is 20.0 Å². The smallest absolute Gasteiger partial charge is 0.322 e. The minimum Gasteiger partial charge on any atom is -0.494 e. The number of nitrogens with zero attached hydrogens (tertiary/aromatic N) is 2. The second-order valence-corrected chi connectivity index (χ2v) is 5.64. The van der Waals surface area contributed by atoms with E-state index in [0.717, 1.165) is 11.4 Å². The van der Waals surface area contributed by atoms with E-state index in [9.17, 15) is 4.79 Å². The maximum atomic E-state index is 12.8. The van der Waals surface area contributed by atoms with E-state index in [0.29, 0.717) is 31.1 Å². The van der Waals surface area contributed by atoms with Gasteiger partial charge >= 0.3 is 6.03 Å². The van der Waals surface area contributed by atoms with E-state index in [1.165, 1.54) is 0 Å². The van der Waals surface area contributed by atoms with Crippen molar-refractivity contribution in [3.63, 3.8) is 0 Å². The number of rotatable bonds is 7. The average Bonchev–Trinajstić information content (AvgIpc) is 3.17. The first-order valence-electron chi connectivity index (χ1n) is 8.45. The van der Waals surface area contributed by atoms with E-state index < -0.39 is 0 Å². The highest BCUT2D eigenvalue weighted by atomic mass is 16.5. The van der Waals surface area contributed by atoms with Crippen molar-refractivity contribution in [3.8, 4) is 5.75 Å². The molecule has 1 aromatic carbocycles. The zero-order valence-electron chi connectivity index (χ0n) is 14.6. The second kappa shape index (κ2) is 8.71. The maximum absolute atomic E-state index is 12.8. The van der Waals surface area contributed by atoms with Crippen LogP contribution in [0.25, 0.3) is 0 Å². The van der Waals surface area contributed by atoms with Gasteiger partial charge in [0.2, 0.25) is 0 Å². The Bertz CT molecular complexity index is 802. The lowest BCUT2D eigenvalue weighted by atomic mass is 10.3. The first kappa shape index (κ1) is 17.5. The number of urea groups is 1. The summed E-state index contributed by atoms with van der Waals surface area (Å²) in [5, 5.41) is 2.91. The quantitative estimate of drug-likeness (QED) is 0.689. The summed E-state index contributed by atoms with van der Waals surface area (Å²) in [6, 6.07) is 16.3. The van der Waals surface area contributed by atoms with Gasteiger partial charge in [-0.15, -0.1) is 0 Å². The molecule has 6 nitrogen and oxygen atoms in total. The van der Waals surface area contributed by atoms with Crippen LogP contribution in [-0.4, -0.2) is 22.5 Å². The summed E-state index contributed by atoms with van der Waals surface area (Å²) >= 11 is 0. The molecule has 0 unspecified atom stereocenters. The van der Waals surface area contributed by atoms with Crippen molar-refractivity contribution in [1.29, 1.82) is 0 Å². The molecule has 1 N–H and O–H groups in total. The lowest BCUT2D eigenvalue weighted by Gasteiger charge is -2.22. The topological polar surface area (TPSA) is 67.6 Å². The first-order valence-corrected chi connectivity index (χ1v) is 8.45. The molecule has 0 atom stereocenters. The fourth-order valence-corrected chi connectivity index (χ4v) is 2.48. The lowest BCUT2D eigenvalue weighted by molar-refractivity contribution is 0.200. The summed E-state index contributed by atoms with van der Waals surface area (Å²) in [7, 11) is 0. The van der Waals surface area contributed by atoms with Gasteiger partial charge in [-0.3, -0.25) is 4.98 Å². The fraction of sp³-hybridized carbons (Fsp3) is 0.200. The van der Waals surface area contributed by atoms with Crippen LogP contribution in [0.4, 0.5) is 10.5 Å². The highest BCUT2D eigenvalue weighted by molar-refractivity contribution is 5.89. The number of ether oxygens (including phenoxy) is 1. The van der Waals surface area contributed by atoms with E-state index in [2.05, 4.69) is 10.3 Å². The molecule has 3 aromatic rings. The number of carbonyl (C=O) groups is 1. The van der Waals surface area contributed by atoms with E-state index >= 15 is 0 Å². The van der Waals surface area contributed by atoms with Crippen LogP contribution in [0.15, 0.2) is 71.5 Å². The first-order chi connectivity index (χ1) is 12.7. The highest BCUT2D eigenvalue weighted by Gasteiger charge is 2.16. The van der Waals surface area contributed by atoms with Gasteiger partial charge < -0.3 is 19.4 Å². The molecular formula is C20H21N3O3. The van der Waals surface area contributed by atoms with Gasteiger partial charge in [-0.25, -0.2) is 4.79 Å². The molecule has 0 radical (unpaired) electrons. The molecule has 0 saturated heterocycles. The number of nitrogens with one attached hydrogen (secondary N) is 1. The predicted octanol–water partition coefficient (Wildman–Crippen LogP) is 4.31. The van der Waals surface area contributed by atoms with E-state index in [1.807, 2.05) is 55.5 Å². The number of carbonyl (C=O) groups excluding carboxylic acids is 1. The lowest BCUT2D eigenvalue weighted by Crippen LogP contribution is -2.34.